The Morgan fingerprint density at radius 1 is 1.14 bits per heavy atom. The zero-order valence-electron chi connectivity index (χ0n) is 12.1. The normalized spacial score (nSPS) is 11.7. The van der Waals surface area contributed by atoms with Crippen LogP contribution in [0.3, 0.4) is 0 Å². The summed E-state index contributed by atoms with van der Waals surface area (Å²) in [6.45, 7) is 2.09. The molecule has 0 aromatic heterocycles. The van der Waals surface area contributed by atoms with Crippen LogP contribution in [-0.2, 0) is 9.53 Å². The van der Waals surface area contributed by atoms with Crippen molar-refractivity contribution in [1.29, 1.82) is 0 Å². The highest BCUT2D eigenvalue weighted by atomic mass is 16.5. The van der Waals surface area contributed by atoms with Gasteiger partial charge in [-0.25, -0.2) is 0 Å². The van der Waals surface area contributed by atoms with Gasteiger partial charge in [0.2, 0.25) is 0 Å². The Balaban J connectivity index is 2.16. The molecule has 0 aliphatic rings. The van der Waals surface area contributed by atoms with Gasteiger partial charge in [-0.05, 0) is 25.1 Å². The maximum Gasteiger partial charge on any atom is 0.316 e. The minimum atomic E-state index is -0.669. The van der Waals surface area contributed by atoms with Crippen molar-refractivity contribution in [1.82, 2.24) is 0 Å². The van der Waals surface area contributed by atoms with Crippen LogP contribution in [0, 0.1) is 6.92 Å². The molecule has 0 aliphatic heterocycles. The number of aryl methyl sites for hydroxylation is 1. The minimum Gasteiger partial charge on any atom is -0.508 e. The van der Waals surface area contributed by atoms with Gasteiger partial charge < -0.3 is 14.6 Å². The summed E-state index contributed by atoms with van der Waals surface area (Å²) in [4.78, 5) is 11.9. The molecule has 1 unspecified atom stereocenters. The fraction of sp³-hybridized carbons (Fsp3) is 0.235. The van der Waals surface area contributed by atoms with E-state index in [-0.39, 0.29) is 12.4 Å². The Morgan fingerprint density at radius 3 is 2.43 bits per heavy atom. The van der Waals surface area contributed by atoms with E-state index in [0.29, 0.717) is 11.3 Å². The molecule has 21 heavy (non-hydrogen) atoms. The van der Waals surface area contributed by atoms with E-state index in [0.717, 1.165) is 5.56 Å². The number of methoxy groups -OCH3 is 1. The van der Waals surface area contributed by atoms with Crippen LogP contribution >= 0.6 is 0 Å². The number of esters is 1. The third-order valence-corrected chi connectivity index (χ3v) is 3.24. The van der Waals surface area contributed by atoms with Crippen molar-refractivity contribution in [2.75, 3.05) is 13.7 Å². The second kappa shape index (κ2) is 6.79. The number of carbonyl (C=O) groups is 1. The summed E-state index contributed by atoms with van der Waals surface area (Å²) < 4.78 is 10.4. The standard InChI is InChI=1S/C17H18O4/c1-12-7-9-13(10-8-12)21-11-15(17(19)20-2)14-5-3-4-6-16(14)18/h3-10,15,18H,11H2,1-2H3. The molecular weight excluding hydrogens is 268 g/mol. The van der Waals surface area contributed by atoms with Crippen molar-refractivity contribution in [3.05, 3.63) is 59.7 Å². The Kier molecular flexibility index (Phi) is 4.82. The van der Waals surface area contributed by atoms with Crippen LogP contribution in [0.4, 0.5) is 0 Å². The van der Waals surface area contributed by atoms with Crippen molar-refractivity contribution in [2.24, 2.45) is 0 Å². The van der Waals surface area contributed by atoms with Gasteiger partial charge >= 0.3 is 5.97 Å². The van der Waals surface area contributed by atoms with E-state index in [4.69, 9.17) is 9.47 Å². The number of hydrogen-bond donors (Lipinski definition) is 1. The summed E-state index contributed by atoms with van der Waals surface area (Å²) in [5.74, 6) is -0.383. The van der Waals surface area contributed by atoms with Gasteiger partial charge in [0.25, 0.3) is 0 Å². The summed E-state index contributed by atoms with van der Waals surface area (Å²) in [6, 6.07) is 14.2. The van der Waals surface area contributed by atoms with Gasteiger partial charge in [-0.15, -0.1) is 0 Å². The van der Waals surface area contributed by atoms with Crippen LogP contribution in [0.2, 0.25) is 0 Å². The Morgan fingerprint density at radius 2 is 1.81 bits per heavy atom. The number of aromatic hydroxyl groups is 1. The zero-order chi connectivity index (χ0) is 15.2. The molecule has 0 bridgehead atoms. The first-order valence-electron chi connectivity index (χ1n) is 6.67. The molecule has 2 rings (SSSR count). The smallest absolute Gasteiger partial charge is 0.316 e. The summed E-state index contributed by atoms with van der Waals surface area (Å²) >= 11 is 0. The van der Waals surface area contributed by atoms with Crippen LogP contribution in [0.1, 0.15) is 17.0 Å². The summed E-state index contributed by atoms with van der Waals surface area (Å²) in [5.41, 5.74) is 1.63. The maximum atomic E-state index is 11.9. The van der Waals surface area contributed by atoms with E-state index in [1.54, 1.807) is 18.2 Å². The molecule has 0 aliphatic carbocycles. The van der Waals surface area contributed by atoms with Crippen LogP contribution in [0.25, 0.3) is 0 Å². The van der Waals surface area contributed by atoms with Crippen molar-refractivity contribution >= 4 is 5.97 Å². The Labute approximate surface area is 123 Å². The molecule has 4 nitrogen and oxygen atoms in total. The number of rotatable bonds is 5. The largest absolute Gasteiger partial charge is 0.508 e. The average Bonchev–Trinajstić information content (AvgIpc) is 2.50. The molecule has 0 saturated carbocycles. The first kappa shape index (κ1) is 14.9. The van der Waals surface area contributed by atoms with Crippen LogP contribution in [0.5, 0.6) is 11.5 Å². The lowest BCUT2D eigenvalue weighted by molar-refractivity contribution is -0.143. The van der Waals surface area contributed by atoms with Gasteiger partial charge in [-0.3, -0.25) is 4.79 Å². The summed E-state index contributed by atoms with van der Waals surface area (Å²) in [5, 5.41) is 9.90. The van der Waals surface area contributed by atoms with Crippen LogP contribution < -0.4 is 4.74 Å². The van der Waals surface area contributed by atoms with Crippen LogP contribution in [-0.4, -0.2) is 24.8 Å². The molecule has 0 radical (unpaired) electrons. The molecule has 0 saturated heterocycles. The fourth-order valence-corrected chi connectivity index (χ4v) is 2.02. The van der Waals surface area contributed by atoms with Gasteiger partial charge in [-0.1, -0.05) is 35.9 Å². The lowest BCUT2D eigenvalue weighted by atomic mass is 9.99. The molecule has 0 spiro atoms. The third kappa shape index (κ3) is 3.75. The first-order valence-corrected chi connectivity index (χ1v) is 6.67. The molecular formula is C17H18O4. The molecule has 0 fully saturated rings. The van der Waals surface area contributed by atoms with Gasteiger partial charge in [0.05, 0.1) is 7.11 Å². The number of phenols is 1. The lowest BCUT2D eigenvalue weighted by Gasteiger charge is -2.17. The maximum absolute atomic E-state index is 11.9. The second-order valence-corrected chi connectivity index (χ2v) is 4.76. The van der Waals surface area contributed by atoms with Crippen molar-refractivity contribution < 1.29 is 19.4 Å². The van der Waals surface area contributed by atoms with E-state index in [2.05, 4.69) is 0 Å². The quantitative estimate of drug-likeness (QED) is 0.858. The Bertz CT molecular complexity index is 604. The topological polar surface area (TPSA) is 55.8 Å². The number of hydrogen-bond acceptors (Lipinski definition) is 4. The summed E-state index contributed by atoms with van der Waals surface area (Å²) in [7, 11) is 1.32. The van der Waals surface area contributed by atoms with E-state index in [1.165, 1.54) is 13.2 Å². The van der Waals surface area contributed by atoms with Gasteiger partial charge in [0, 0.05) is 5.56 Å². The Hall–Kier alpha value is -2.49. The second-order valence-electron chi connectivity index (χ2n) is 4.76. The van der Waals surface area contributed by atoms with Gasteiger partial charge in [0.15, 0.2) is 0 Å². The predicted octanol–water partition coefficient (Wildman–Crippen LogP) is 3.04. The molecule has 0 amide bonds. The number of phenolic OH excluding ortho intramolecular Hbond substituents is 1. The van der Waals surface area contributed by atoms with Crippen molar-refractivity contribution in [3.63, 3.8) is 0 Å². The highest BCUT2D eigenvalue weighted by Crippen LogP contribution is 2.27. The molecule has 1 N–H and O–H groups in total. The van der Waals surface area contributed by atoms with Crippen LogP contribution in [0.15, 0.2) is 48.5 Å². The predicted molar refractivity (Wildman–Crippen MR) is 79.5 cm³/mol. The molecule has 2 aromatic carbocycles. The van der Waals surface area contributed by atoms with E-state index >= 15 is 0 Å². The number of ether oxygens (including phenoxy) is 2. The lowest BCUT2D eigenvalue weighted by Crippen LogP contribution is -2.21. The van der Waals surface area contributed by atoms with Gasteiger partial charge in [0.1, 0.15) is 24.0 Å². The summed E-state index contributed by atoms with van der Waals surface area (Å²) in [6.07, 6.45) is 0. The molecule has 1 atom stereocenters. The molecule has 4 heteroatoms. The van der Waals surface area contributed by atoms with E-state index in [9.17, 15) is 9.90 Å². The van der Waals surface area contributed by atoms with Crippen molar-refractivity contribution in [2.45, 2.75) is 12.8 Å². The van der Waals surface area contributed by atoms with Crippen molar-refractivity contribution in [3.8, 4) is 11.5 Å². The van der Waals surface area contributed by atoms with Gasteiger partial charge in [-0.2, -0.15) is 0 Å². The average molecular weight is 286 g/mol. The first-order chi connectivity index (χ1) is 10.1. The third-order valence-electron chi connectivity index (χ3n) is 3.24. The number of benzene rings is 2. The number of para-hydroxylation sites is 1. The number of carbonyl (C=O) groups excluding carboxylic acids is 1. The SMILES string of the molecule is COC(=O)C(COc1ccc(C)cc1)c1ccccc1O. The highest BCUT2D eigenvalue weighted by molar-refractivity contribution is 5.79. The monoisotopic (exact) mass is 286 g/mol. The van der Waals surface area contributed by atoms with E-state index < -0.39 is 11.9 Å². The minimum absolute atomic E-state index is 0.0559. The highest BCUT2D eigenvalue weighted by Gasteiger charge is 2.25. The molecule has 110 valence electrons. The molecule has 2 aromatic rings. The molecule has 0 heterocycles. The zero-order valence-corrected chi connectivity index (χ0v) is 12.1. The fourth-order valence-electron chi connectivity index (χ4n) is 2.02. The van der Waals surface area contributed by atoms with E-state index in [1.807, 2.05) is 31.2 Å².